The molecule has 1 aromatic heterocycles. The smallest absolute Gasteiger partial charge is 0.247 e. The Morgan fingerprint density at radius 3 is 3.13 bits per heavy atom. The Labute approximate surface area is 87.9 Å². The summed E-state index contributed by atoms with van der Waals surface area (Å²) < 4.78 is 1.51. The highest BCUT2D eigenvalue weighted by molar-refractivity contribution is 5.93. The third kappa shape index (κ3) is 2.15. The fourth-order valence-electron chi connectivity index (χ4n) is 1.42. The molecule has 1 amide bonds. The lowest BCUT2D eigenvalue weighted by atomic mass is 10.3. The maximum atomic E-state index is 11.5. The average molecular weight is 204 g/mol. The minimum Gasteiger partial charge on any atom is -0.320 e. The SMILES string of the molecule is [C-]#[N+]c1cnn(C)c1NC(=O)CC1CC1. The second-order valence-corrected chi connectivity index (χ2v) is 3.81. The van der Waals surface area contributed by atoms with Crippen LogP contribution in [0.3, 0.4) is 0 Å². The predicted octanol–water partition coefficient (Wildman–Crippen LogP) is 1.71. The standard InChI is InChI=1S/C10H12N4O/c1-11-8-6-12-14(2)10(8)13-9(15)5-7-3-4-7/h6-7H,3-5H2,2H3,(H,13,15). The van der Waals surface area contributed by atoms with Crippen LogP contribution in [0.5, 0.6) is 0 Å². The van der Waals surface area contributed by atoms with Gasteiger partial charge in [0.25, 0.3) is 0 Å². The summed E-state index contributed by atoms with van der Waals surface area (Å²) in [6.07, 6.45) is 4.31. The minimum absolute atomic E-state index is 0.0222. The topological polar surface area (TPSA) is 51.3 Å². The van der Waals surface area contributed by atoms with E-state index in [2.05, 4.69) is 15.3 Å². The van der Waals surface area contributed by atoms with E-state index < -0.39 is 0 Å². The monoisotopic (exact) mass is 204 g/mol. The maximum absolute atomic E-state index is 11.5. The van der Waals surface area contributed by atoms with Gasteiger partial charge < -0.3 is 5.32 Å². The number of carbonyl (C=O) groups is 1. The second-order valence-electron chi connectivity index (χ2n) is 3.81. The van der Waals surface area contributed by atoms with Gasteiger partial charge >= 0.3 is 0 Å². The lowest BCUT2D eigenvalue weighted by Gasteiger charge is -2.05. The molecular formula is C10H12N4O. The summed E-state index contributed by atoms with van der Waals surface area (Å²) in [6, 6.07) is 0. The molecule has 1 fully saturated rings. The normalized spacial score (nSPS) is 14.7. The van der Waals surface area contributed by atoms with Crippen molar-refractivity contribution >= 4 is 17.4 Å². The van der Waals surface area contributed by atoms with E-state index in [0.29, 0.717) is 23.8 Å². The van der Waals surface area contributed by atoms with Gasteiger partial charge in [-0.3, -0.25) is 9.48 Å². The number of anilines is 1. The van der Waals surface area contributed by atoms with Crippen LogP contribution in [0.15, 0.2) is 6.20 Å². The van der Waals surface area contributed by atoms with Crippen LogP contribution in [0, 0.1) is 12.5 Å². The molecule has 0 saturated heterocycles. The number of amides is 1. The van der Waals surface area contributed by atoms with Crippen LogP contribution < -0.4 is 5.32 Å². The van der Waals surface area contributed by atoms with Gasteiger partial charge in [-0.25, -0.2) is 4.85 Å². The quantitative estimate of drug-likeness (QED) is 0.762. The number of aromatic nitrogens is 2. The maximum Gasteiger partial charge on any atom is 0.247 e. The van der Waals surface area contributed by atoms with Gasteiger partial charge in [-0.15, -0.1) is 0 Å². The summed E-state index contributed by atoms with van der Waals surface area (Å²) in [4.78, 5) is 14.8. The Morgan fingerprint density at radius 1 is 1.80 bits per heavy atom. The van der Waals surface area contributed by atoms with Crippen molar-refractivity contribution in [2.24, 2.45) is 13.0 Å². The molecule has 0 bridgehead atoms. The molecule has 15 heavy (non-hydrogen) atoms. The van der Waals surface area contributed by atoms with Gasteiger partial charge in [0.1, 0.15) is 5.82 Å². The highest BCUT2D eigenvalue weighted by Gasteiger charge is 2.25. The van der Waals surface area contributed by atoms with Crippen molar-refractivity contribution in [2.45, 2.75) is 19.3 Å². The zero-order chi connectivity index (χ0) is 10.8. The van der Waals surface area contributed by atoms with Gasteiger partial charge in [-0.2, -0.15) is 5.10 Å². The van der Waals surface area contributed by atoms with Gasteiger partial charge in [-0.05, 0) is 18.8 Å². The summed E-state index contributed by atoms with van der Waals surface area (Å²) in [5.41, 5.74) is 0.390. The molecule has 0 unspecified atom stereocenters. The Hall–Kier alpha value is -1.83. The van der Waals surface area contributed by atoms with Gasteiger partial charge in [0.05, 0.1) is 12.8 Å². The van der Waals surface area contributed by atoms with Crippen molar-refractivity contribution in [1.29, 1.82) is 0 Å². The largest absolute Gasteiger partial charge is 0.320 e. The number of carbonyl (C=O) groups excluding carboxylic acids is 1. The summed E-state index contributed by atoms with van der Waals surface area (Å²) in [5.74, 6) is 1.02. The number of hydrogen-bond donors (Lipinski definition) is 1. The van der Waals surface area contributed by atoms with E-state index in [1.165, 1.54) is 10.9 Å². The molecule has 0 radical (unpaired) electrons. The Balaban J connectivity index is 2.05. The number of rotatable bonds is 3. The van der Waals surface area contributed by atoms with Crippen LogP contribution in [0.4, 0.5) is 11.5 Å². The number of hydrogen-bond acceptors (Lipinski definition) is 2. The first-order valence-electron chi connectivity index (χ1n) is 4.90. The first-order chi connectivity index (χ1) is 7.20. The van der Waals surface area contributed by atoms with Crippen molar-refractivity contribution in [3.05, 3.63) is 17.6 Å². The molecule has 1 aromatic rings. The van der Waals surface area contributed by atoms with Crippen LogP contribution in [-0.2, 0) is 11.8 Å². The third-order valence-electron chi connectivity index (χ3n) is 2.47. The molecule has 1 saturated carbocycles. The lowest BCUT2D eigenvalue weighted by molar-refractivity contribution is -0.116. The van der Waals surface area contributed by atoms with Crippen LogP contribution >= 0.6 is 0 Å². The van der Waals surface area contributed by atoms with Crippen LogP contribution in [0.25, 0.3) is 4.85 Å². The first kappa shape index (κ1) is 9.71. The van der Waals surface area contributed by atoms with Crippen molar-refractivity contribution in [3.63, 3.8) is 0 Å². The van der Waals surface area contributed by atoms with Crippen LogP contribution in [0.1, 0.15) is 19.3 Å². The zero-order valence-electron chi connectivity index (χ0n) is 8.53. The van der Waals surface area contributed by atoms with Crippen LogP contribution in [-0.4, -0.2) is 15.7 Å². The Bertz CT molecular complexity index is 425. The zero-order valence-corrected chi connectivity index (χ0v) is 8.53. The molecular weight excluding hydrogens is 192 g/mol. The van der Waals surface area contributed by atoms with Crippen LogP contribution in [0.2, 0.25) is 0 Å². The van der Waals surface area contributed by atoms with Gasteiger partial charge in [0.2, 0.25) is 11.6 Å². The van der Waals surface area contributed by atoms with Crippen molar-refractivity contribution in [1.82, 2.24) is 9.78 Å². The van der Waals surface area contributed by atoms with E-state index in [0.717, 1.165) is 12.8 Å². The molecule has 1 aliphatic rings. The van der Waals surface area contributed by atoms with E-state index in [4.69, 9.17) is 6.57 Å². The summed E-state index contributed by atoms with van der Waals surface area (Å²) >= 11 is 0. The predicted molar refractivity (Wildman–Crippen MR) is 55.4 cm³/mol. The fraction of sp³-hybridized carbons (Fsp3) is 0.500. The molecule has 0 aromatic carbocycles. The summed E-state index contributed by atoms with van der Waals surface area (Å²) in [7, 11) is 1.71. The number of aryl methyl sites for hydroxylation is 1. The van der Waals surface area contributed by atoms with E-state index in [1.807, 2.05) is 0 Å². The number of nitrogens with one attached hydrogen (secondary N) is 1. The Morgan fingerprint density at radius 2 is 2.53 bits per heavy atom. The summed E-state index contributed by atoms with van der Waals surface area (Å²) in [6.45, 7) is 6.92. The van der Waals surface area contributed by atoms with E-state index in [9.17, 15) is 4.79 Å². The molecule has 1 aliphatic carbocycles. The first-order valence-corrected chi connectivity index (χ1v) is 4.90. The molecule has 0 aliphatic heterocycles. The minimum atomic E-state index is -0.0222. The third-order valence-corrected chi connectivity index (χ3v) is 2.47. The van der Waals surface area contributed by atoms with Gasteiger partial charge in [-0.1, -0.05) is 0 Å². The lowest BCUT2D eigenvalue weighted by Crippen LogP contribution is -2.14. The van der Waals surface area contributed by atoms with Crippen molar-refractivity contribution in [2.75, 3.05) is 5.32 Å². The number of nitrogens with zero attached hydrogens (tertiary/aromatic N) is 3. The van der Waals surface area contributed by atoms with Gasteiger partial charge in [0, 0.05) is 13.5 Å². The molecule has 5 nitrogen and oxygen atoms in total. The molecule has 78 valence electrons. The average Bonchev–Trinajstić information content (AvgIpc) is 2.94. The molecule has 0 atom stereocenters. The second kappa shape index (κ2) is 3.73. The fourth-order valence-corrected chi connectivity index (χ4v) is 1.42. The highest BCUT2D eigenvalue weighted by atomic mass is 16.1. The summed E-state index contributed by atoms with van der Waals surface area (Å²) in [5, 5.41) is 6.65. The Kier molecular flexibility index (Phi) is 2.42. The molecule has 0 spiro atoms. The van der Waals surface area contributed by atoms with E-state index >= 15 is 0 Å². The molecule has 2 rings (SSSR count). The highest BCUT2D eigenvalue weighted by Crippen LogP contribution is 2.33. The van der Waals surface area contributed by atoms with E-state index in [1.54, 1.807) is 7.05 Å². The van der Waals surface area contributed by atoms with Gasteiger partial charge in [0.15, 0.2) is 0 Å². The molecule has 1 heterocycles. The van der Waals surface area contributed by atoms with E-state index in [-0.39, 0.29) is 5.91 Å². The van der Waals surface area contributed by atoms with Crippen molar-refractivity contribution in [3.8, 4) is 0 Å². The molecule has 1 N–H and O–H groups in total. The molecule has 5 heteroatoms. The van der Waals surface area contributed by atoms with Crippen molar-refractivity contribution < 1.29 is 4.79 Å².